The van der Waals surface area contributed by atoms with Gasteiger partial charge in [-0.15, -0.1) is 0 Å². The van der Waals surface area contributed by atoms with Crippen LogP contribution in [0.3, 0.4) is 0 Å². The molecule has 0 amide bonds. The van der Waals surface area contributed by atoms with Crippen LogP contribution in [0.25, 0.3) is 0 Å². The first kappa shape index (κ1) is 107. The summed E-state index contributed by atoms with van der Waals surface area (Å²) in [6.07, 6.45) is 77.9. The Balaban J connectivity index is 5.19. The highest BCUT2D eigenvalue weighted by Gasteiger charge is 2.31. The molecule has 0 aromatic carbocycles. The molecule has 0 aliphatic carbocycles. The van der Waals surface area contributed by atoms with E-state index in [9.17, 15) is 43.2 Å². The summed E-state index contributed by atoms with van der Waals surface area (Å²) in [6, 6.07) is 0. The molecule has 0 aliphatic rings. The van der Waals surface area contributed by atoms with Gasteiger partial charge in [0.2, 0.25) is 0 Å². The average molecular weight is 1590 g/mol. The molecule has 0 aromatic heterocycles. The van der Waals surface area contributed by atoms with Crippen molar-refractivity contribution in [3.8, 4) is 0 Å². The summed E-state index contributed by atoms with van der Waals surface area (Å²) in [7, 11) is -9.93. The van der Waals surface area contributed by atoms with Gasteiger partial charge in [0, 0.05) is 25.7 Å². The third-order valence-electron chi connectivity index (χ3n) is 21.6. The standard InChI is InChI=1S/C90H176O17P2/c1-6-10-13-16-19-22-24-26-28-30-32-34-36-38-40-45-49-54-59-64-69-74-88(93)101-80-86(107-90(95)75-70-65-60-55-50-46-41-39-37-35-33-31-29-27-25-23-20-17-14-11-7-2)82-105-109(98,99)103-78-84(91)77-102-108(96,97)104-81-85(79-100-87(92)73-68-63-58-52-21-18-15-12-8-3)106-89(94)76-71-66-61-56-51-47-43-42-44-48-53-57-62-67-72-83(5)9-4/h83-86,91H,6-82H2,1-5H3,(H,96,97)(H,98,99)/t83?,84-,85+,86+/m0/s1. The molecule has 0 heterocycles. The lowest BCUT2D eigenvalue weighted by molar-refractivity contribution is -0.161. The highest BCUT2D eigenvalue weighted by molar-refractivity contribution is 7.47. The lowest BCUT2D eigenvalue weighted by atomic mass is 9.99. The molecular formula is C90H176O17P2. The van der Waals surface area contributed by atoms with E-state index in [4.69, 9.17) is 37.0 Å². The fourth-order valence-corrected chi connectivity index (χ4v) is 15.7. The van der Waals surface area contributed by atoms with E-state index < -0.39 is 97.5 Å². The molecule has 0 bridgehead atoms. The first-order chi connectivity index (χ1) is 53.1. The van der Waals surface area contributed by atoms with Crippen molar-refractivity contribution in [1.82, 2.24) is 0 Å². The molecule has 0 saturated heterocycles. The number of ether oxygens (including phenoxy) is 4. The molecule has 109 heavy (non-hydrogen) atoms. The highest BCUT2D eigenvalue weighted by Crippen LogP contribution is 2.45. The molecule has 0 rings (SSSR count). The lowest BCUT2D eigenvalue weighted by Gasteiger charge is -2.21. The monoisotopic (exact) mass is 1590 g/mol. The van der Waals surface area contributed by atoms with E-state index in [-0.39, 0.29) is 25.7 Å². The Labute approximate surface area is 670 Å². The number of carbonyl (C=O) groups is 4. The van der Waals surface area contributed by atoms with Gasteiger partial charge in [0.15, 0.2) is 12.2 Å². The second kappa shape index (κ2) is 82.6. The largest absolute Gasteiger partial charge is 0.472 e. The first-order valence-corrected chi connectivity index (χ1v) is 49.7. The molecule has 0 radical (unpaired) electrons. The quantitative estimate of drug-likeness (QED) is 0.0222. The molecule has 3 N–H and O–H groups in total. The summed E-state index contributed by atoms with van der Waals surface area (Å²) in [5.41, 5.74) is 0. The van der Waals surface area contributed by atoms with Gasteiger partial charge in [0.25, 0.3) is 0 Å². The molecule has 3 unspecified atom stereocenters. The van der Waals surface area contributed by atoms with Gasteiger partial charge in [-0.05, 0) is 31.6 Å². The summed E-state index contributed by atoms with van der Waals surface area (Å²) in [4.78, 5) is 73.3. The van der Waals surface area contributed by atoms with Crippen molar-refractivity contribution in [2.45, 2.75) is 509 Å². The Hall–Kier alpha value is -1.94. The molecule has 19 heteroatoms. The normalized spacial score (nSPS) is 13.9. The van der Waals surface area contributed by atoms with Crippen LogP contribution in [0.15, 0.2) is 0 Å². The number of rotatable bonds is 90. The summed E-state index contributed by atoms with van der Waals surface area (Å²) in [6.45, 7) is 7.42. The number of unbranched alkanes of at least 4 members (excludes halogenated alkanes) is 61. The second-order valence-corrected chi connectivity index (χ2v) is 35.5. The van der Waals surface area contributed by atoms with E-state index >= 15 is 0 Å². The summed E-state index contributed by atoms with van der Waals surface area (Å²) >= 11 is 0. The van der Waals surface area contributed by atoms with Crippen molar-refractivity contribution in [1.29, 1.82) is 0 Å². The van der Waals surface area contributed by atoms with Crippen LogP contribution < -0.4 is 0 Å². The minimum atomic E-state index is -4.97. The van der Waals surface area contributed by atoms with Crippen LogP contribution in [0.2, 0.25) is 0 Å². The van der Waals surface area contributed by atoms with Gasteiger partial charge in [0.05, 0.1) is 26.4 Å². The van der Waals surface area contributed by atoms with E-state index in [0.717, 1.165) is 95.8 Å². The van der Waals surface area contributed by atoms with Crippen LogP contribution in [-0.4, -0.2) is 96.7 Å². The van der Waals surface area contributed by atoms with Crippen molar-refractivity contribution in [2.24, 2.45) is 5.92 Å². The zero-order valence-electron chi connectivity index (χ0n) is 71.7. The number of aliphatic hydroxyl groups is 1. The van der Waals surface area contributed by atoms with Crippen molar-refractivity contribution < 1.29 is 80.2 Å². The van der Waals surface area contributed by atoms with Gasteiger partial charge < -0.3 is 33.8 Å². The molecular weight excluding hydrogens is 1410 g/mol. The van der Waals surface area contributed by atoms with Crippen molar-refractivity contribution in [2.75, 3.05) is 39.6 Å². The molecule has 0 saturated carbocycles. The Morgan fingerprint density at radius 2 is 0.440 bits per heavy atom. The van der Waals surface area contributed by atoms with E-state index in [2.05, 4.69) is 34.6 Å². The third-order valence-corrected chi connectivity index (χ3v) is 23.5. The van der Waals surface area contributed by atoms with E-state index in [0.29, 0.717) is 25.7 Å². The van der Waals surface area contributed by atoms with Gasteiger partial charge in [-0.2, -0.15) is 0 Å². The van der Waals surface area contributed by atoms with Crippen LogP contribution in [-0.2, 0) is 65.4 Å². The lowest BCUT2D eigenvalue weighted by Crippen LogP contribution is -2.30. The predicted octanol–water partition coefficient (Wildman–Crippen LogP) is 27.9. The third kappa shape index (κ3) is 82.4. The van der Waals surface area contributed by atoms with Crippen LogP contribution in [0.4, 0.5) is 0 Å². The zero-order chi connectivity index (χ0) is 79.7. The molecule has 0 aliphatic heterocycles. The summed E-state index contributed by atoms with van der Waals surface area (Å²) in [5, 5.41) is 10.7. The maximum Gasteiger partial charge on any atom is 0.472 e. The smallest absolute Gasteiger partial charge is 0.462 e. The Morgan fingerprint density at radius 3 is 0.651 bits per heavy atom. The Bertz CT molecular complexity index is 2070. The molecule has 0 aromatic rings. The minimum Gasteiger partial charge on any atom is -0.462 e. The topological polar surface area (TPSA) is 237 Å². The number of aliphatic hydroxyl groups excluding tert-OH is 1. The fourth-order valence-electron chi connectivity index (χ4n) is 14.1. The molecule has 17 nitrogen and oxygen atoms in total. The first-order valence-electron chi connectivity index (χ1n) is 46.7. The van der Waals surface area contributed by atoms with E-state index in [1.54, 1.807) is 0 Å². The Morgan fingerprint density at radius 1 is 0.257 bits per heavy atom. The van der Waals surface area contributed by atoms with Crippen LogP contribution in [0, 0.1) is 5.92 Å². The number of hydrogen-bond acceptors (Lipinski definition) is 15. The molecule has 0 fully saturated rings. The summed E-state index contributed by atoms with van der Waals surface area (Å²) < 4.78 is 69.0. The summed E-state index contributed by atoms with van der Waals surface area (Å²) in [5.74, 6) is -1.25. The average Bonchev–Trinajstić information content (AvgIpc) is 0.899. The van der Waals surface area contributed by atoms with E-state index in [1.807, 2.05) is 0 Å². The van der Waals surface area contributed by atoms with Gasteiger partial charge in [0.1, 0.15) is 19.3 Å². The number of hydrogen-bond donors (Lipinski definition) is 3. The SMILES string of the molecule is CCCCCCCCCCCCCCCCCCCCCCCC(=O)OC[C@H](COP(=O)(O)OC[C@@H](O)COP(=O)(O)OC[C@@H](COC(=O)CCCCCCCCCCC)OC(=O)CCCCCCCCCCCCCCCCC(C)CC)OC(=O)CCCCCCCCCCCCCCCCCCCCCCC. The minimum absolute atomic E-state index is 0.108. The fraction of sp³-hybridized carbons (Fsp3) is 0.956. The molecule has 648 valence electrons. The van der Waals surface area contributed by atoms with E-state index in [1.165, 1.54) is 315 Å². The Kier molecular flexibility index (Phi) is 81.1. The van der Waals surface area contributed by atoms with Crippen molar-refractivity contribution in [3.63, 3.8) is 0 Å². The van der Waals surface area contributed by atoms with Crippen LogP contribution in [0.1, 0.15) is 490 Å². The molecule has 6 atom stereocenters. The van der Waals surface area contributed by atoms with Gasteiger partial charge >= 0.3 is 39.5 Å². The number of phosphoric acid groups is 2. The van der Waals surface area contributed by atoms with Crippen molar-refractivity contribution in [3.05, 3.63) is 0 Å². The van der Waals surface area contributed by atoms with Crippen LogP contribution in [0.5, 0.6) is 0 Å². The van der Waals surface area contributed by atoms with Gasteiger partial charge in [-0.25, -0.2) is 9.13 Å². The second-order valence-electron chi connectivity index (χ2n) is 32.6. The number of esters is 4. The number of carbonyl (C=O) groups excluding carboxylic acids is 4. The zero-order valence-corrected chi connectivity index (χ0v) is 73.5. The van der Waals surface area contributed by atoms with Gasteiger partial charge in [-0.3, -0.25) is 37.3 Å². The van der Waals surface area contributed by atoms with Crippen molar-refractivity contribution >= 4 is 39.5 Å². The predicted molar refractivity (Wildman–Crippen MR) is 451 cm³/mol. The van der Waals surface area contributed by atoms with Crippen LogP contribution >= 0.6 is 15.6 Å². The maximum atomic E-state index is 13.2. The number of phosphoric ester groups is 2. The molecule has 0 spiro atoms. The maximum absolute atomic E-state index is 13.2. The highest BCUT2D eigenvalue weighted by atomic mass is 31.2. The van der Waals surface area contributed by atoms with Gasteiger partial charge in [-0.1, -0.05) is 439 Å².